The lowest BCUT2D eigenvalue weighted by atomic mass is 10.2. The van der Waals surface area contributed by atoms with Crippen LogP contribution in [0.2, 0.25) is 0 Å². The number of aromatic amines is 1. The van der Waals surface area contributed by atoms with Crippen LogP contribution in [0.3, 0.4) is 0 Å². The topological polar surface area (TPSA) is 111 Å². The highest BCUT2D eigenvalue weighted by Crippen LogP contribution is 1.87. The Balaban J connectivity index is 2.58. The molecule has 7 nitrogen and oxygen atoms in total. The normalized spacial score (nSPS) is 9.07. The highest BCUT2D eigenvalue weighted by Gasteiger charge is 2.07. The number of azide groups is 1. The average Bonchev–Trinajstić information content (AvgIpc) is 2.25. The summed E-state index contributed by atoms with van der Waals surface area (Å²) >= 11 is 0. The molecule has 0 spiro atoms. The van der Waals surface area contributed by atoms with Crippen molar-refractivity contribution in [3.05, 3.63) is 44.7 Å². The molecule has 0 aromatic carbocycles. The summed E-state index contributed by atoms with van der Waals surface area (Å²) < 4.78 is 0. The molecule has 0 aliphatic heterocycles. The number of carbonyl (C=O) groups excluding carboxylic acids is 1. The Kier molecular flexibility index (Phi) is 3.93. The molecule has 0 aliphatic rings. The third-order valence-corrected chi connectivity index (χ3v) is 1.63. The molecule has 0 saturated heterocycles. The molecule has 0 aliphatic carbocycles. The van der Waals surface area contributed by atoms with Crippen LogP contribution in [0.5, 0.6) is 0 Å². The smallest absolute Gasteiger partial charge is 0.256 e. The van der Waals surface area contributed by atoms with Gasteiger partial charge < -0.3 is 10.3 Å². The molecule has 1 rings (SSSR count). The molecule has 1 aromatic rings. The van der Waals surface area contributed by atoms with Crippen LogP contribution in [-0.4, -0.2) is 24.0 Å². The van der Waals surface area contributed by atoms with E-state index in [0.29, 0.717) is 0 Å². The van der Waals surface area contributed by atoms with Crippen LogP contribution in [0, 0.1) is 0 Å². The number of H-pyrrole nitrogens is 1. The minimum absolute atomic E-state index is 0.0402. The molecule has 0 radical (unpaired) electrons. The van der Waals surface area contributed by atoms with E-state index in [-0.39, 0.29) is 24.1 Å². The van der Waals surface area contributed by atoms with E-state index < -0.39 is 5.91 Å². The standard InChI is InChI=1S/C8H9N5O2/c9-13-12-4-3-11-8(15)6-5-10-2-1-7(6)14/h1-2,5H,3-4H2,(H,10,14)(H,11,15). The molecule has 78 valence electrons. The predicted octanol–water partition coefficient (Wildman–Crippen LogP) is 0.415. The second kappa shape index (κ2) is 5.46. The zero-order valence-electron chi connectivity index (χ0n) is 7.80. The van der Waals surface area contributed by atoms with E-state index in [1.54, 1.807) is 0 Å². The molecule has 2 N–H and O–H groups in total. The lowest BCUT2D eigenvalue weighted by Gasteiger charge is -2.01. The van der Waals surface area contributed by atoms with Crippen molar-refractivity contribution in [3.63, 3.8) is 0 Å². The number of hydrogen-bond acceptors (Lipinski definition) is 3. The molecule has 0 unspecified atom stereocenters. The number of nitrogens with one attached hydrogen (secondary N) is 2. The van der Waals surface area contributed by atoms with Gasteiger partial charge in [-0.05, 0) is 5.53 Å². The van der Waals surface area contributed by atoms with E-state index in [4.69, 9.17) is 5.53 Å². The molecule has 0 bridgehead atoms. The van der Waals surface area contributed by atoms with Gasteiger partial charge >= 0.3 is 0 Å². The highest BCUT2D eigenvalue weighted by atomic mass is 16.2. The van der Waals surface area contributed by atoms with Gasteiger partial charge in [-0.2, -0.15) is 0 Å². The Morgan fingerprint density at radius 1 is 1.67 bits per heavy atom. The van der Waals surface area contributed by atoms with Gasteiger partial charge in [0.25, 0.3) is 5.91 Å². The highest BCUT2D eigenvalue weighted by molar-refractivity contribution is 5.93. The van der Waals surface area contributed by atoms with Gasteiger partial charge in [-0.3, -0.25) is 9.59 Å². The fourth-order valence-corrected chi connectivity index (χ4v) is 0.953. The van der Waals surface area contributed by atoms with E-state index in [0.717, 1.165) is 0 Å². The second-order valence-electron chi connectivity index (χ2n) is 2.63. The molecule has 0 fully saturated rings. The molecule has 0 saturated carbocycles. The summed E-state index contributed by atoms with van der Waals surface area (Å²) in [5.74, 6) is -0.481. The Hall–Kier alpha value is -2.27. The first-order chi connectivity index (χ1) is 7.25. The lowest BCUT2D eigenvalue weighted by Crippen LogP contribution is -2.30. The van der Waals surface area contributed by atoms with Crippen molar-refractivity contribution in [2.45, 2.75) is 0 Å². The van der Waals surface area contributed by atoms with Gasteiger partial charge in [-0.1, -0.05) is 5.11 Å². The summed E-state index contributed by atoms with van der Waals surface area (Å²) in [5, 5.41) is 5.69. The maximum Gasteiger partial charge on any atom is 0.256 e. The van der Waals surface area contributed by atoms with E-state index >= 15 is 0 Å². The van der Waals surface area contributed by atoms with E-state index in [2.05, 4.69) is 20.3 Å². The van der Waals surface area contributed by atoms with Crippen LogP contribution < -0.4 is 10.7 Å². The summed E-state index contributed by atoms with van der Waals surface area (Å²) in [7, 11) is 0. The van der Waals surface area contributed by atoms with Crippen LogP contribution in [0.1, 0.15) is 10.4 Å². The van der Waals surface area contributed by atoms with Gasteiger partial charge in [0.2, 0.25) is 0 Å². The van der Waals surface area contributed by atoms with E-state index in [9.17, 15) is 9.59 Å². The zero-order chi connectivity index (χ0) is 11.1. The number of carbonyl (C=O) groups is 1. The number of pyridine rings is 1. The van der Waals surface area contributed by atoms with Gasteiger partial charge in [-0.15, -0.1) is 0 Å². The van der Waals surface area contributed by atoms with Gasteiger partial charge in [0.05, 0.1) is 0 Å². The summed E-state index contributed by atoms with van der Waals surface area (Å²) in [6.45, 7) is 0.365. The number of rotatable bonds is 4. The van der Waals surface area contributed by atoms with Gasteiger partial charge in [0.1, 0.15) is 5.56 Å². The number of amides is 1. The average molecular weight is 207 g/mol. The molecule has 15 heavy (non-hydrogen) atoms. The lowest BCUT2D eigenvalue weighted by molar-refractivity contribution is 0.0953. The quantitative estimate of drug-likeness (QED) is 0.322. The molecule has 0 atom stereocenters. The Bertz CT molecular complexity index is 446. The number of aromatic nitrogens is 1. The van der Waals surface area contributed by atoms with Crippen molar-refractivity contribution >= 4 is 5.91 Å². The van der Waals surface area contributed by atoms with Crippen molar-refractivity contribution in [2.75, 3.05) is 13.1 Å². The van der Waals surface area contributed by atoms with Crippen molar-refractivity contribution in [1.29, 1.82) is 0 Å². The third-order valence-electron chi connectivity index (χ3n) is 1.63. The maximum absolute atomic E-state index is 11.4. The Morgan fingerprint density at radius 2 is 2.47 bits per heavy atom. The van der Waals surface area contributed by atoms with E-state index in [1.807, 2.05) is 0 Å². The summed E-state index contributed by atoms with van der Waals surface area (Å²) in [5.41, 5.74) is 7.67. The van der Waals surface area contributed by atoms with Crippen LogP contribution in [0.25, 0.3) is 10.4 Å². The number of hydrogen-bond donors (Lipinski definition) is 2. The fraction of sp³-hybridized carbons (Fsp3) is 0.250. The second-order valence-corrected chi connectivity index (χ2v) is 2.63. The number of nitrogens with zero attached hydrogens (tertiary/aromatic N) is 3. The van der Waals surface area contributed by atoms with Gasteiger partial charge in [-0.25, -0.2) is 0 Å². The SMILES string of the molecule is [N-]=[N+]=NCCNC(=O)c1c[nH]ccc1=O. The molecule has 7 heteroatoms. The van der Waals surface area contributed by atoms with Crippen LogP contribution in [0.4, 0.5) is 0 Å². The maximum atomic E-state index is 11.4. The first kappa shape index (κ1) is 10.8. The monoisotopic (exact) mass is 207 g/mol. The van der Waals surface area contributed by atoms with Crippen LogP contribution in [-0.2, 0) is 0 Å². The van der Waals surface area contributed by atoms with E-state index in [1.165, 1.54) is 18.5 Å². The first-order valence-corrected chi connectivity index (χ1v) is 4.22. The summed E-state index contributed by atoms with van der Waals surface area (Å²) in [6.07, 6.45) is 2.77. The van der Waals surface area contributed by atoms with Crippen molar-refractivity contribution < 1.29 is 4.79 Å². The summed E-state index contributed by atoms with van der Waals surface area (Å²) in [6, 6.07) is 1.27. The Labute approximate surface area is 84.8 Å². The fourth-order valence-electron chi connectivity index (χ4n) is 0.953. The van der Waals surface area contributed by atoms with Crippen molar-refractivity contribution in [2.24, 2.45) is 5.11 Å². The minimum atomic E-state index is -0.481. The predicted molar refractivity (Wildman–Crippen MR) is 53.4 cm³/mol. The third kappa shape index (κ3) is 3.17. The summed E-state index contributed by atoms with van der Waals surface area (Å²) in [4.78, 5) is 27.7. The largest absolute Gasteiger partial charge is 0.367 e. The molecule has 1 amide bonds. The molecular weight excluding hydrogens is 198 g/mol. The van der Waals surface area contributed by atoms with Crippen LogP contribution >= 0.6 is 0 Å². The molecule has 1 heterocycles. The van der Waals surface area contributed by atoms with Crippen LogP contribution in [0.15, 0.2) is 28.4 Å². The molecular formula is C8H9N5O2. The minimum Gasteiger partial charge on any atom is -0.367 e. The van der Waals surface area contributed by atoms with Gasteiger partial charge in [0.15, 0.2) is 5.43 Å². The van der Waals surface area contributed by atoms with Crippen molar-refractivity contribution in [3.8, 4) is 0 Å². The zero-order valence-corrected chi connectivity index (χ0v) is 7.80. The molecule has 1 aromatic heterocycles. The Morgan fingerprint density at radius 3 is 3.13 bits per heavy atom. The van der Waals surface area contributed by atoms with Gasteiger partial charge in [0, 0.05) is 36.5 Å². The first-order valence-electron chi connectivity index (χ1n) is 4.22. The van der Waals surface area contributed by atoms with Crippen molar-refractivity contribution in [1.82, 2.24) is 10.3 Å².